The van der Waals surface area contributed by atoms with E-state index in [0.29, 0.717) is 33.2 Å². The van der Waals surface area contributed by atoms with Crippen LogP contribution in [0.4, 0.5) is 5.69 Å². The molecular weight excluding hydrogens is 476 g/mol. The van der Waals surface area contributed by atoms with E-state index in [0.717, 1.165) is 10.0 Å². The van der Waals surface area contributed by atoms with Crippen molar-refractivity contribution in [3.05, 3.63) is 87.9 Å². The molecule has 3 aromatic rings. The number of carbonyl (C=O) groups excluding carboxylic acids is 2. The lowest BCUT2D eigenvalue weighted by Crippen LogP contribution is -2.31. The van der Waals surface area contributed by atoms with E-state index in [2.05, 4.69) is 21.2 Å². The number of hydrogen-bond donors (Lipinski definition) is 1. The fourth-order valence-corrected chi connectivity index (χ4v) is 5.24. The molecule has 0 bridgehead atoms. The Morgan fingerprint density at radius 1 is 1.10 bits per heavy atom. The van der Waals surface area contributed by atoms with Crippen LogP contribution in [0.5, 0.6) is 0 Å². The van der Waals surface area contributed by atoms with Gasteiger partial charge in [0, 0.05) is 27.8 Å². The van der Waals surface area contributed by atoms with E-state index < -0.39 is 11.2 Å². The maximum Gasteiger partial charge on any atom is 0.263 e. The minimum absolute atomic E-state index is 0.193. The third-order valence-corrected chi connectivity index (χ3v) is 7.34. The number of hydrogen-bond acceptors (Lipinski definition) is 3. The van der Waals surface area contributed by atoms with E-state index in [1.54, 1.807) is 47.4 Å². The fraction of sp³-hybridized carbons (Fsp3) is 0.167. The molecule has 1 heterocycles. The maximum absolute atomic E-state index is 13.2. The minimum atomic E-state index is -1.51. The van der Waals surface area contributed by atoms with Crippen LogP contribution in [-0.2, 0) is 11.2 Å². The Morgan fingerprint density at radius 3 is 2.52 bits per heavy atom. The smallest absolute Gasteiger partial charge is 0.263 e. The molecule has 7 heteroatoms. The van der Waals surface area contributed by atoms with Gasteiger partial charge in [-0.3, -0.25) is 9.59 Å². The van der Waals surface area contributed by atoms with E-state index in [1.165, 1.54) is 0 Å². The highest BCUT2D eigenvalue weighted by Crippen LogP contribution is 2.37. The van der Waals surface area contributed by atoms with Gasteiger partial charge in [-0.1, -0.05) is 40.2 Å². The third-order valence-electron chi connectivity index (χ3n) is 5.31. The van der Waals surface area contributed by atoms with E-state index in [4.69, 9.17) is 0 Å². The van der Waals surface area contributed by atoms with Crippen LogP contribution < -0.4 is 10.2 Å². The molecule has 0 saturated heterocycles. The van der Waals surface area contributed by atoms with Crippen molar-refractivity contribution in [1.29, 1.82) is 0 Å². The molecule has 1 unspecified atom stereocenters. The number of halogens is 1. The van der Waals surface area contributed by atoms with E-state index in [9.17, 15) is 14.1 Å². The standard InChI is InChI=1S/C24H21BrN2O3S/c1-3-27-20-14-17(23(28)26-15(2)16-8-11-18(25)12-9-16)10-13-22(20)31(30)21-7-5-4-6-19(21)24(27)29/h4-15H,3H2,1-2H3,(H,26,28)/t15-,31?/m1/s1. The first kappa shape index (κ1) is 21.6. The highest BCUT2D eigenvalue weighted by molar-refractivity contribution is 9.10. The second-order valence-corrected chi connectivity index (χ2v) is 9.58. The molecule has 31 heavy (non-hydrogen) atoms. The van der Waals surface area contributed by atoms with Crippen LogP contribution in [0.15, 0.2) is 81.0 Å². The van der Waals surface area contributed by atoms with Gasteiger partial charge in [0.2, 0.25) is 0 Å². The third kappa shape index (κ3) is 4.13. The van der Waals surface area contributed by atoms with Gasteiger partial charge in [-0.05, 0) is 61.9 Å². The predicted octanol–water partition coefficient (Wildman–Crippen LogP) is 5.09. The quantitative estimate of drug-likeness (QED) is 0.511. The number of rotatable bonds is 4. The largest absolute Gasteiger partial charge is 0.606 e. The molecule has 5 nitrogen and oxygen atoms in total. The molecule has 2 atom stereocenters. The number of amides is 2. The van der Waals surface area contributed by atoms with Crippen LogP contribution >= 0.6 is 15.9 Å². The molecular formula is C24H21BrN2O3S. The number of anilines is 1. The second-order valence-electron chi connectivity index (χ2n) is 7.24. The first-order valence-corrected chi connectivity index (χ1v) is 11.9. The van der Waals surface area contributed by atoms with Gasteiger partial charge in [-0.25, -0.2) is 0 Å². The Morgan fingerprint density at radius 2 is 1.81 bits per heavy atom. The molecule has 1 N–H and O–H groups in total. The van der Waals surface area contributed by atoms with Crippen molar-refractivity contribution in [3.8, 4) is 0 Å². The minimum Gasteiger partial charge on any atom is -0.606 e. The first-order valence-electron chi connectivity index (χ1n) is 9.93. The molecule has 0 radical (unpaired) electrons. The van der Waals surface area contributed by atoms with Gasteiger partial charge in [-0.15, -0.1) is 0 Å². The van der Waals surface area contributed by atoms with Gasteiger partial charge in [0.15, 0.2) is 9.79 Å². The summed E-state index contributed by atoms with van der Waals surface area (Å²) >= 11 is 1.90. The zero-order valence-corrected chi connectivity index (χ0v) is 19.5. The summed E-state index contributed by atoms with van der Waals surface area (Å²) in [5, 5.41) is 2.99. The Bertz CT molecular complexity index is 1150. The lowest BCUT2D eigenvalue weighted by atomic mass is 10.1. The molecule has 0 saturated carbocycles. The average Bonchev–Trinajstić information content (AvgIpc) is 2.87. The summed E-state index contributed by atoms with van der Waals surface area (Å²) in [7, 11) is 0. The Labute approximate surface area is 192 Å². The molecule has 0 fully saturated rings. The van der Waals surface area contributed by atoms with Crippen LogP contribution in [0.3, 0.4) is 0 Å². The zero-order valence-electron chi connectivity index (χ0n) is 17.1. The monoisotopic (exact) mass is 496 g/mol. The fourth-order valence-electron chi connectivity index (χ4n) is 3.63. The van der Waals surface area contributed by atoms with Gasteiger partial charge in [0.05, 0.1) is 11.6 Å². The van der Waals surface area contributed by atoms with E-state index in [1.807, 2.05) is 38.1 Å². The van der Waals surface area contributed by atoms with Crippen molar-refractivity contribution < 1.29 is 14.1 Å². The normalized spacial score (nSPS) is 16.2. The van der Waals surface area contributed by atoms with E-state index >= 15 is 0 Å². The summed E-state index contributed by atoms with van der Waals surface area (Å²) in [6, 6.07) is 19.5. The van der Waals surface area contributed by atoms with Crippen LogP contribution in [0.2, 0.25) is 0 Å². The predicted molar refractivity (Wildman–Crippen MR) is 125 cm³/mol. The van der Waals surface area contributed by atoms with Gasteiger partial charge in [-0.2, -0.15) is 0 Å². The van der Waals surface area contributed by atoms with Gasteiger partial charge in [0.1, 0.15) is 5.69 Å². The Balaban J connectivity index is 1.67. The lowest BCUT2D eigenvalue weighted by Gasteiger charge is -2.21. The summed E-state index contributed by atoms with van der Waals surface area (Å²) in [5.74, 6) is -0.472. The van der Waals surface area contributed by atoms with Crippen molar-refractivity contribution in [2.75, 3.05) is 11.4 Å². The number of carbonyl (C=O) groups is 2. The topological polar surface area (TPSA) is 72.5 Å². The van der Waals surface area contributed by atoms with Gasteiger partial charge < -0.3 is 14.8 Å². The number of fused-ring (bicyclic) bond motifs is 2. The molecule has 0 aromatic heterocycles. The molecule has 0 spiro atoms. The summed E-state index contributed by atoms with van der Waals surface area (Å²) in [6.45, 7) is 4.18. The van der Waals surface area contributed by atoms with Gasteiger partial charge in [0.25, 0.3) is 11.8 Å². The number of nitrogens with zero attached hydrogens (tertiary/aromatic N) is 1. The molecule has 1 aliphatic heterocycles. The summed E-state index contributed by atoms with van der Waals surface area (Å²) < 4.78 is 14.2. The summed E-state index contributed by atoms with van der Waals surface area (Å²) in [6.07, 6.45) is 0. The second kappa shape index (κ2) is 8.86. The van der Waals surface area contributed by atoms with Crippen molar-refractivity contribution in [1.82, 2.24) is 5.32 Å². The molecule has 0 aliphatic carbocycles. The first-order chi connectivity index (χ1) is 14.9. The number of nitrogens with one attached hydrogen (secondary N) is 1. The molecule has 4 rings (SSSR count). The molecule has 3 aromatic carbocycles. The van der Waals surface area contributed by atoms with Crippen molar-refractivity contribution in [2.45, 2.75) is 29.7 Å². The van der Waals surface area contributed by atoms with E-state index in [-0.39, 0.29) is 17.9 Å². The molecule has 1 aliphatic rings. The van der Waals surface area contributed by atoms with Crippen molar-refractivity contribution in [2.24, 2.45) is 0 Å². The zero-order chi connectivity index (χ0) is 22.1. The van der Waals surface area contributed by atoms with Crippen molar-refractivity contribution >= 4 is 44.6 Å². The summed E-state index contributed by atoms with van der Waals surface area (Å²) in [4.78, 5) is 28.7. The Hall–Kier alpha value is -2.61. The van der Waals surface area contributed by atoms with Crippen LogP contribution in [0, 0.1) is 0 Å². The summed E-state index contributed by atoms with van der Waals surface area (Å²) in [5.41, 5.74) is 2.32. The average molecular weight is 497 g/mol. The highest BCUT2D eigenvalue weighted by Gasteiger charge is 2.35. The number of benzene rings is 3. The SMILES string of the molecule is CCN1C(=O)c2ccccc2[S+]([O-])c2ccc(C(=O)N[C@H](C)c3ccc(Br)cc3)cc21. The van der Waals surface area contributed by atoms with Crippen LogP contribution in [0.1, 0.15) is 46.2 Å². The van der Waals surface area contributed by atoms with Crippen LogP contribution in [0.25, 0.3) is 0 Å². The molecule has 2 amide bonds. The van der Waals surface area contributed by atoms with Crippen molar-refractivity contribution in [3.63, 3.8) is 0 Å². The lowest BCUT2D eigenvalue weighted by molar-refractivity contribution is 0.0937. The van der Waals surface area contributed by atoms with Crippen LogP contribution in [-0.4, -0.2) is 22.9 Å². The van der Waals surface area contributed by atoms with Gasteiger partial charge >= 0.3 is 0 Å². The highest BCUT2D eigenvalue weighted by atomic mass is 79.9. The Kier molecular flexibility index (Phi) is 6.18. The molecule has 158 valence electrons. The maximum atomic E-state index is 13.2.